The van der Waals surface area contributed by atoms with Crippen molar-refractivity contribution in [3.8, 4) is 5.75 Å². The smallest absolute Gasteiger partial charge is 0.261 e. The number of rotatable bonds is 2. The van der Waals surface area contributed by atoms with Gasteiger partial charge in [-0.05, 0) is 30.5 Å². The van der Waals surface area contributed by atoms with E-state index in [2.05, 4.69) is 4.98 Å². The summed E-state index contributed by atoms with van der Waals surface area (Å²) in [4.78, 5) is 18.5. The van der Waals surface area contributed by atoms with E-state index in [1.165, 1.54) is 6.20 Å². The number of fused-ring (bicyclic) bond motifs is 1. The van der Waals surface area contributed by atoms with E-state index in [1.54, 1.807) is 24.3 Å². The van der Waals surface area contributed by atoms with Crippen LogP contribution in [0.3, 0.4) is 0 Å². The molecule has 0 bridgehead atoms. The highest BCUT2D eigenvalue weighted by Gasteiger charge is 2.27. The molecule has 0 atom stereocenters. The minimum atomic E-state index is -0.140. The Morgan fingerprint density at radius 1 is 1.38 bits per heavy atom. The van der Waals surface area contributed by atoms with Crippen LogP contribution in [0, 0.1) is 0 Å². The molecular formula is C16H15ClN2O2. The first-order valence-corrected chi connectivity index (χ1v) is 7.17. The largest absolute Gasteiger partial charge is 0.495 e. The minimum absolute atomic E-state index is 0.140. The SMILES string of the molecule is COc1cccc2c1N(C(=O)c1cnccc1Cl)CCC2. The number of anilines is 1. The van der Waals surface area contributed by atoms with Gasteiger partial charge in [-0.25, -0.2) is 0 Å². The lowest BCUT2D eigenvalue weighted by Gasteiger charge is -2.31. The highest BCUT2D eigenvalue weighted by molar-refractivity contribution is 6.34. The number of ether oxygens (including phenoxy) is 1. The summed E-state index contributed by atoms with van der Waals surface area (Å²) in [6.07, 6.45) is 4.94. The van der Waals surface area contributed by atoms with Crippen molar-refractivity contribution in [3.05, 3.63) is 52.8 Å². The fourth-order valence-corrected chi connectivity index (χ4v) is 2.85. The lowest BCUT2D eigenvalue weighted by atomic mass is 10.00. The molecule has 0 N–H and O–H groups in total. The van der Waals surface area contributed by atoms with Gasteiger partial charge in [0.15, 0.2) is 0 Å². The fraction of sp³-hybridized carbons (Fsp3) is 0.250. The zero-order valence-electron chi connectivity index (χ0n) is 11.7. The highest BCUT2D eigenvalue weighted by atomic mass is 35.5. The molecule has 5 heteroatoms. The zero-order valence-corrected chi connectivity index (χ0v) is 12.4. The van der Waals surface area contributed by atoms with Crippen LogP contribution in [-0.4, -0.2) is 24.5 Å². The number of nitrogens with zero attached hydrogens (tertiary/aromatic N) is 2. The van der Waals surface area contributed by atoms with E-state index in [4.69, 9.17) is 16.3 Å². The van der Waals surface area contributed by atoms with Gasteiger partial charge >= 0.3 is 0 Å². The number of methoxy groups -OCH3 is 1. The van der Waals surface area contributed by atoms with Crippen molar-refractivity contribution in [2.45, 2.75) is 12.8 Å². The first-order chi connectivity index (χ1) is 10.2. The molecule has 1 aromatic carbocycles. The van der Waals surface area contributed by atoms with Crippen molar-refractivity contribution >= 4 is 23.2 Å². The Bertz CT molecular complexity index is 673. The van der Waals surface area contributed by atoms with Gasteiger partial charge in [0.25, 0.3) is 5.91 Å². The van der Waals surface area contributed by atoms with Crippen LogP contribution < -0.4 is 9.64 Å². The molecule has 0 saturated heterocycles. The lowest BCUT2D eigenvalue weighted by molar-refractivity contribution is 0.0984. The monoisotopic (exact) mass is 302 g/mol. The van der Waals surface area contributed by atoms with E-state index in [9.17, 15) is 4.79 Å². The second-order valence-corrected chi connectivity index (χ2v) is 5.29. The van der Waals surface area contributed by atoms with Crippen LogP contribution in [0.1, 0.15) is 22.3 Å². The number of halogens is 1. The Kier molecular flexibility index (Phi) is 3.80. The molecule has 0 spiro atoms. The molecule has 1 aromatic heterocycles. The van der Waals surface area contributed by atoms with Crippen molar-refractivity contribution in [1.29, 1.82) is 0 Å². The molecule has 1 amide bonds. The number of carbonyl (C=O) groups excluding carboxylic acids is 1. The molecule has 0 radical (unpaired) electrons. The molecule has 2 aromatic rings. The van der Waals surface area contributed by atoms with Crippen LogP contribution in [0.25, 0.3) is 0 Å². The molecule has 4 nitrogen and oxygen atoms in total. The first-order valence-electron chi connectivity index (χ1n) is 6.79. The van der Waals surface area contributed by atoms with Gasteiger partial charge in [-0.15, -0.1) is 0 Å². The maximum Gasteiger partial charge on any atom is 0.261 e. The topological polar surface area (TPSA) is 42.4 Å². The Hall–Kier alpha value is -2.07. The number of aromatic nitrogens is 1. The summed E-state index contributed by atoms with van der Waals surface area (Å²) < 4.78 is 5.42. The predicted octanol–water partition coefficient (Wildman–Crippen LogP) is 3.34. The van der Waals surface area contributed by atoms with E-state index in [1.807, 2.05) is 18.2 Å². The Balaban J connectivity index is 2.06. The average molecular weight is 303 g/mol. The van der Waals surface area contributed by atoms with Gasteiger partial charge in [-0.3, -0.25) is 9.78 Å². The Morgan fingerprint density at radius 3 is 3.00 bits per heavy atom. The van der Waals surface area contributed by atoms with E-state index >= 15 is 0 Å². The molecule has 0 saturated carbocycles. The number of para-hydroxylation sites is 1. The third-order valence-electron chi connectivity index (χ3n) is 3.64. The second-order valence-electron chi connectivity index (χ2n) is 4.88. The summed E-state index contributed by atoms with van der Waals surface area (Å²) in [7, 11) is 1.62. The number of benzene rings is 1. The number of hydrogen-bond acceptors (Lipinski definition) is 3. The molecule has 0 unspecified atom stereocenters. The maximum absolute atomic E-state index is 12.8. The summed E-state index contributed by atoms with van der Waals surface area (Å²) in [6, 6.07) is 7.47. The number of aryl methyl sites for hydroxylation is 1. The molecule has 3 rings (SSSR count). The Morgan fingerprint density at radius 2 is 2.24 bits per heavy atom. The number of pyridine rings is 1. The van der Waals surface area contributed by atoms with Crippen molar-refractivity contribution in [1.82, 2.24) is 4.98 Å². The zero-order chi connectivity index (χ0) is 14.8. The number of amides is 1. The predicted molar refractivity (Wildman–Crippen MR) is 82.2 cm³/mol. The number of carbonyl (C=O) groups is 1. The lowest BCUT2D eigenvalue weighted by Crippen LogP contribution is -2.36. The summed E-state index contributed by atoms with van der Waals surface area (Å²) in [5.41, 5.74) is 2.38. The Labute approximate surface area is 128 Å². The molecule has 108 valence electrons. The normalized spacial score (nSPS) is 13.7. The molecule has 0 aliphatic carbocycles. The van der Waals surface area contributed by atoms with Gasteiger partial charge in [-0.2, -0.15) is 0 Å². The van der Waals surface area contributed by atoms with Crippen LogP contribution in [-0.2, 0) is 6.42 Å². The first kappa shape index (κ1) is 13.9. The third kappa shape index (κ3) is 2.47. The molecule has 1 aliphatic heterocycles. The van der Waals surface area contributed by atoms with Crippen molar-refractivity contribution in [2.24, 2.45) is 0 Å². The van der Waals surface area contributed by atoms with Crippen LogP contribution >= 0.6 is 11.6 Å². The van der Waals surface area contributed by atoms with Gasteiger partial charge in [-0.1, -0.05) is 23.7 Å². The van der Waals surface area contributed by atoms with Gasteiger partial charge < -0.3 is 9.64 Å². The molecule has 21 heavy (non-hydrogen) atoms. The summed E-state index contributed by atoms with van der Waals surface area (Å²) in [5.74, 6) is 0.569. The third-order valence-corrected chi connectivity index (χ3v) is 3.97. The fourth-order valence-electron chi connectivity index (χ4n) is 2.66. The van der Waals surface area contributed by atoms with E-state index in [0.717, 1.165) is 24.1 Å². The summed E-state index contributed by atoms with van der Waals surface area (Å²) >= 11 is 6.12. The summed E-state index contributed by atoms with van der Waals surface area (Å²) in [5, 5.41) is 0.414. The summed E-state index contributed by atoms with van der Waals surface area (Å²) in [6.45, 7) is 0.650. The molecule has 0 fully saturated rings. The van der Waals surface area contributed by atoms with Crippen molar-refractivity contribution < 1.29 is 9.53 Å². The second kappa shape index (κ2) is 5.74. The maximum atomic E-state index is 12.8. The highest BCUT2D eigenvalue weighted by Crippen LogP contribution is 2.37. The van der Waals surface area contributed by atoms with Crippen molar-refractivity contribution in [2.75, 3.05) is 18.6 Å². The van der Waals surface area contributed by atoms with Gasteiger partial charge in [0.1, 0.15) is 5.75 Å². The molecule has 1 aliphatic rings. The van der Waals surface area contributed by atoms with Gasteiger partial charge in [0, 0.05) is 18.9 Å². The average Bonchev–Trinajstić information content (AvgIpc) is 2.53. The quantitative estimate of drug-likeness (QED) is 0.854. The number of hydrogen-bond donors (Lipinski definition) is 0. The van der Waals surface area contributed by atoms with E-state index in [0.29, 0.717) is 22.9 Å². The van der Waals surface area contributed by atoms with Crippen LogP contribution in [0.5, 0.6) is 5.75 Å². The minimum Gasteiger partial charge on any atom is -0.495 e. The van der Waals surface area contributed by atoms with Crippen LogP contribution in [0.4, 0.5) is 5.69 Å². The van der Waals surface area contributed by atoms with Crippen molar-refractivity contribution in [3.63, 3.8) is 0 Å². The standard InChI is InChI=1S/C16H15ClN2O2/c1-21-14-6-2-4-11-5-3-9-19(15(11)14)16(20)12-10-18-8-7-13(12)17/h2,4,6-8,10H,3,5,9H2,1H3. The van der Waals surface area contributed by atoms with Crippen LogP contribution in [0.2, 0.25) is 5.02 Å². The van der Waals surface area contributed by atoms with E-state index in [-0.39, 0.29) is 5.91 Å². The van der Waals surface area contributed by atoms with Crippen LogP contribution in [0.15, 0.2) is 36.7 Å². The molecular weight excluding hydrogens is 288 g/mol. The van der Waals surface area contributed by atoms with E-state index < -0.39 is 0 Å². The van der Waals surface area contributed by atoms with Gasteiger partial charge in [0.2, 0.25) is 0 Å². The molecule has 2 heterocycles. The van der Waals surface area contributed by atoms with Gasteiger partial charge in [0.05, 0.1) is 23.4 Å².